The molecule has 2 rings (SSSR count). The van der Waals surface area contributed by atoms with Gasteiger partial charge in [-0.05, 0) is 37.5 Å². The lowest BCUT2D eigenvalue weighted by molar-refractivity contribution is 0.0953. The molecule has 0 unspecified atom stereocenters. The van der Waals surface area contributed by atoms with Crippen molar-refractivity contribution in [3.8, 4) is 11.3 Å². The van der Waals surface area contributed by atoms with E-state index < -0.39 is 0 Å². The second-order valence-electron chi connectivity index (χ2n) is 4.32. The lowest BCUT2D eigenvalue weighted by Crippen LogP contribution is -2.25. The van der Waals surface area contributed by atoms with E-state index in [1.54, 1.807) is 37.1 Å². The molecule has 0 aliphatic rings. The van der Waals surface area contributed by atoms with Gasteiger partial charge in [0, 0.05) is 24.5 Å². The number of rotatable bonds is 6. The van der Waals surface area contributed by atoms with Crippen molar-refractivity contribution in [2.45, 2.75) is 13.3 Å². The van der Waals surface area contributed by atoms with Gasteiger partial charge in [-0.1, -0.05) is 5.16 Å². The van der Waals surface area contributed by atoms with Crippen molar-refractivity contribution in [2.24, 2.45) is 0 Å². The maximum absolute atomic E-state index is 12.2. The van der Waals surface area contributed by atoms with Crippen molar-refractivity contribution < 1.29 is 9.32 Å². The SMILES string of the molecule is CSCCCNC(=O)c1c(C)noc1-c1cccnc1. The third-order valence-corrected chi connectivity index (χ3v) is 3.52. The minimum atomic E-state index is -0.149. The Bertz CT molecular complexity index is 569. The van der Waals surface area contributed by atoms with E-state index in [4.69, 9.17) is 4.52 Å². The van der Waals surface area contributed by atoms with Crippen LogP contribution in [0, 0.1) is 6.92 Å². The van der Waals surface area contributed by atoms with Crippen LogP contribution < -0.4 is 5.32 Å². The molecule has 2 heterocycles. The van der Waals surface area contributed by atoms with Crippen molar-refractivity contribution in [1.82, 2.24) is 15.5 Å². The number of nitrogens with one attached hydrogen (secondary N) is 1. The summed E-state index contributed by atoms with van der Waals surface area (Å²) in [6.07, 6.45) is 6.32. The number of amides is 1. The fourth-order valence-electron chi connectivity index (χ4n) is 1.84. The molecule has 0 aromatic carbocycles. The number of carbonyl (C=O) groups excluding carboxylic acids is 1. The van der Waals surface area contributed by atoms with Crippen molar-refractivity contribution in [2.75, 3.05) is 18.6 Å². The fourth-order valence-corrected chi connectivity index (χ4v) is 2.27. The number of nitrogens with zero attached hydrogens (tertiary/aromatic N) is 2. The number of pyridine rings is 1. The molecule has 0 fully saturated rings. The quantitative estimate of drug-likeness (QED) is 0.828. The number of hydrogen-bond donors (Lipinski definition) is 1. The van der Waals surface area contributed by atoms with Crippen molar-refractivity contribution in [3.63, 3.8) is 0 Å². The largest absolute Gasteiger partial charge is 0.355 e. The Morgan fingerprint density at radius 1 is 1.50 bits per heavy atom. The van der Waals surface area contributed by atoms with Gasteiger partial charge in [0.15, 0.2) is 5.76 Å². The van der Waals surface area contributed by atoms with E-state index in [1.807, 2.05) is 12.3 Å². The third-order valence-electron chi connectivity index (χ3n) is 2.82. The predicted molar refractivity (Wildman–Crippen MR) is 79.8 cm³/mol. The van der Waals surface area contributed by atoms with Crippen LogP contribution in [0.1, 0.15) is 22.5 Å². The molecule has 0 radical (unpaired) electrons. The number of carbonyl (C=O) groups is 1. The Balaban J connectivity index is 2.15. The number of thioether (sulfide) groups is 1. The molecule has 0 bridgehead atoms. The van der Waals surface area contributed by atoms with Crippen molar-refractivity contribution in [1.29, 1.82) is 0 Å². The van der Waals surface area contributed by atoms with Gasteiger partial charge >= 0.3 is 0 Å². The Morgan fingerprint density at radius 3 is 3.05 bits per heavy atom. The maximum Gasteiger partial charge on any atom is 0.257 e. The second kappa shape index (κ2) is 7.09. The first kappa shape index (κ1) is 14.6. The highest BCUT2D eigenvalue weighted by Crippen LogP contribution is 2.25. The molecule has 0 spiro atoms. The smallest absolute Gasteiger partial charge is 0.257 e. The fraction of sp³-hybridized carbons (Fsp3) is 0.357. The molecule has 0 aliphatic carbocycles. The first-order valence-electron chi connectivity index (χ1n) is 6.38. The highest BCUT2D eigenvalue weighted by molar-refractivity contribution is 7.98. The summed E-state index contributed by atoms with van der Waals surface area (Å²) in [5.74, 6) is 1.35. The third kappa shape index (κ3) is 3.39. The highest BCUT2D eigenvalue weighted by atomic mass is 32.2. The molecule has 0 saturated carbocycles. The van der Waals surface area contributed by atoms with Gasteiger partial charge in [-0.2, -0.15) is 11.8 Å². The predicted octanol–water partition coefficient (Wildman–Crippen LogP) is 2.53. The van der Waals surface area contributed by atoms with E-state index in [1.165, 1.54) is 0 Å². The molecule has 106 valence electrons. The van der Waals surface area contributed by atoms with Gasteiger partial charge in [-0.25, -0.2) is 0 Å². The van der Waals surface area contributed by atoms with Gasteiger partial charge < -0.3 is 9.84 Å². The number of aromatic nitrogens is 2. The van der Waals surface area contributed by atoms with Crippen LogP contribution >= 0.6 is 11.8 Å². The second-order valence-corrected chi connectivity index (χ2v) is 5.30. The van der Waals surface area contributed by atoms with Gasteiger partial charge in [0.05, 0.1) is 5.69 Å². The zero-order chi connectivity index (χ0) is 14.4. The molecule has 0 aliphatic heterocycles. The summed E-state index contributed by atoms with van der Waals surface area (Å²) in [5.41, 5.74) is 1.83. The standard InChI is InChI=1S/C14H17N3O2S/c1-10-12(14(18)16-7-4-8-20-2)13(19-17-10)11-5-3-6-15-9-11/h3,5-6,9H,4,7-8H2,1-2H3,(H,16,18). The monoisotopic (exact) mass is 291 g/mol. The van der Waals surface area contributed by atoms with Crippen LogP contribution in [0.4, 0.5) is 0 Å². The van der Waals surface area contributed by atoms with E-state index in [0.717, 1.165) is 17.7 Å². The Labute approximate surface area is 122 Å². The zero-order valence-electron chi connectivity index (χ0n) is 11.5. The van der Waals surface area contributed by atoms with Gasteiger partial charge in [0.2, 0.25) is 0 Å². The van der Waals surface area contributed by atoms with Crippen LogP contribution in [-0.2, 0) is 0 Å². The van der Waals surface area contributed by atoms with Crippen molar-refractivity contribution in [3.05, 3.63) is 35.8 Å². The van der Waals surface area contributed by atoms with Crippen LogP contribution in [0.5, 0.6) is 0 Å². The molecule has 0 atom stereocenters. The Morgan fingerprint density at radius 2 is 2.35 bits per heavy atom. The number of aryl methyl sites for hydroxylation is 1. The normalized spacial score (nSPS) is 10.5. The minimum Gasteiger partial charge on any atom is -0.355 e. The summed E-state index contributed by atoms with van der Waals surface area (Å²) in [6, 6.07) is 3.64. The lowest BCUT2D eigenvalue weighted by Gasteiger charge is -2.05. The van der Waals surface area contributed by atoms with Gasteiger partial charge in [0.25, 0.3) is 5.91 Å². The zero-order valence-corrected chi connectivity index (χ0v) is 12.4. The molecule has 2 aromatic rings. The molecule has 5 nitrogen and oxygen atoms in total. The average molecular weight is 291 g/mol. The first-order valence-corrected chi connectivity index (χ1v) is 7.77. The van der Waals surface area contributed by atoms with Crippen LogP contribution in [-0.4, -0.2) is 34.6 Å². The number of hydrogen-bond acceptors (Lipinski definition) is 5. The molecule has 1 N–H and O–H groups in total. The van der Waals surface area contributed by atoms with E-state index in [2.05, 4.69) is 15.5 Å². The average Bonchev–Trinajstić information content (AvgIpc) is 2.86. The summed E-state index contributed by atoms with van der Waals surface area (Å²) in [7, 11) is 0. The van der Waals surface area contributed by atoms with E-state index >= 15 is 0 Å². The lowest BCUT2D eigenvalue weighted by atomic mass is 10.1. The first-order chi connectivity index (χ1) is 9.74. The van der Waals surface area contributed by atoms with E-state index in [-0.39, 0.29) is 5.91 Å². The van der Waals surface area contributed by atoms with Crippen molar-refractivity contribution >= 4 is 17.7 Å². The molecule has 0 saturated heterocycles. The molecule has 6 heteroatoms. The minimum absolute atomic E-state index is 0.149. The molecular formula is C14H17N3O2S. The van der Waals surface area contributed by atoms with Crippen LogP contribution in [0.2, 0.25) is 0 Å². The van der Waals surface area contributed by atoms with E-state index in [0.29, 0.717) is 23.6 Å². The van der Waals surface area contributed by atoms with Crippen LogP contribution in [0.3, 0.4) is 0 Å². The maximum atomic E-state index is 12.2. The highest BCUT2D eigenvalue weighted by Gasteiger charge is 2.21. The van der Waals surface area contributed by atoms with Gasteiger partial charge in [-0.3, -0.25) is 9.78 Å². The summed E-state index contributed by atoms with van der Waals surface area (Å²) in [6.45, 7) is 2.41. The molecular weight excluding hydrogens is 274 g/mol. The van der Waals surface area contributed by atoms with Crippen LogP contribution in [0.15, 0.2) is 29.0 Å². The van der Waals surface area contributed by atoms with Crippen LogP contribution in [0.25, 0.3) is 11.3 Å². The molecule has 1 amide bonds. The molecule has 2 aromatic heterocycles. The Hall–Kier alpha value is -1.82. The summed E-state index contributed by atoms with van der Waals surface area (Å²) >= 11 is 1.76. The van der Waals surface area contributed by atoms with Gasteiger partial charge in [0.1, 0.15) is 5.56 Å². The molecule has 20 heavy (non-hydrogen) atoms. The summed E-state index contributed by atoms with van der Waals surface area (Å²) in [5, 5.41) is 6.79. The van der Waals surface area contributed by atoms with E-state index in [9.17, 15) is 4.79 Å². The summed E-state index contributed by atoms with van der Waals surface area (Å²) in [4.78, 5) is 16.3. The Kier molecular flexibility index (Phi) is 5.17. The topological polar surface area (TPSA) is 68.0 Å². The van der Waals surface area contributed by atoms with Gasteiger partial charge in [-0.15, -0.1) is 0 Å². The summed E-state index contributed by atoms with van der Waals surface area (Å²) < 4.78 is 5.28.